The van der Waals surface area contributed by atoms with Gasteiger partial charge in [-0.3, -0.25) is 4.79 Å². The van der Waals surface area contributed by atoms with E-state index in [-0.39, 0.29) is 5.91 Å². The molecule has 3 heteroatoms. The molecule has 0 bridgehead atoms. The molecule has 0 heterocycles. The lowest BCUT2D eigenvalue weighted by molar-refractivity contribution is 0.0955. The Hall–Kier alpha value is -1.77. The number of hydrogen-bond acceptors (Lipinski definition) is 2. The Bertz CT molecular complexity index is 480. The third kappa shape index (κ3) is 4.12. The fraction of sp³-hybridized carbons (Fsp3) is 0.471. The van der Waals surface area contributed by atoms with Gasteiger partial charge in [-0.2, -0.15) is 0 Å². The summed E-state index contributed by atoms with van der Waals surface area (Å²) in [7, 11) is 0. The highest BCUT2D eigenvalue weighted by Gasteiger charge is 2.10. The van der Waals surface area contributed by atoms with Gasteiger partial charge in [-0.1, -0.05) is 30.7 Å². The minimum absolute atomic E-state index is 0.0165. The Morgan fingerprint density at radius 1 is 1.25 bits per heavy atom. The standard InChI is InChI=1S/C17H24N2O/c1-2-12-18-16-10-6-5-9-15(16)17(20)19-13-11-14-7-3-4-8-14/h5-7,9-10,18H,2-4,8,11-13H2,1H3,(H,19,20). The topological polar surface area (TPSA) is 41.1 Å². The molecule has 0 saturated heterocycles. The Morgan fingerprint density at radius 3 is 2.85 bits per heavy atom. The molecule has 0 unspecified atom stereocenters. The summed E-state index contributed by atoms with van der Waals surface area (Å²) in [6, 6.07) is 7.70. The minimum atomic E-state index is 0.0165. The smallest absolute Gasteiger partial charge is 0.253 e. The number of para-hydroxylation sites is 1. The molecule has 2 N–H and O–H groups in total. The van der Waals surface area contributed by atoms with Crippen LogP contribution in [0.4, 0.5) is 5.69 Å². The van der Waals surface area contributed by atoms with E-state index in [0.29, 0.717) is 0 Å². The lowest BCUT2D eigenvalue weighted by atomic mass is 10.1. The Labute approximate surface area is 121 Å². The molecule has 1 aromatic rings. The first-order valence-corrected chi connectivity index (χ1v) is 7.60. The van der Waals surface area contributed by atoms with Gasteiger partial charge in [0.1, 0.15) is 0 Å². The van der Waals surface area contributed by atoms with Crippen LogP contribution in [-0.2, 0) is 0 Å². The quantitative estimate of drug-likeness (QED) is 0.742. The predicted molar refractivity (Wildman–Crippen MR) is 84.1 cm³/mol. The van der Waals surface area contributed by atoms with Crippen LogP contribution in [0.2, 0.25) is 0 Å². The molecule has 1 aromatic carbocycles. The van der Waals surface area contributed by atoms with Gasteiger partial charge in [0.25, 0.3) is 5.91 Å². The highest BCUT2D eigenvalue weighted by Crippen LogP contribution is 2.20. The first-order chi connectivity index (χ1) is 9.81. The van der Waals surface area contributed by atoms with Crippen LogP contribution in [0.1, 0.15) is 49.4 Å². The van der Waals surface area contributed by atoms with Crippen LogP contribution in [0, 0.1) is 0 Å². The molecular weight excluding hydrogens is 248 g/mol. The summed E-state index contributed by atoms with van der Waals surface area (Å²) in [6.07, 6.45) is 8.01. The van der Waals surface area contributed by atoms with Crippen LogP contribution in [0.5, 0.6) is 0 Å². The first kappa shape index (κ1) is 14.6. The predicted octanol–water partition coefficient (Wildman–Crippen LogP) is 3.74. The van der Waals surface area contributed by atoms with Crippen molar-refractivity contribution in [3.8, 4) is 0 Å². The van der Waals surface area contributed by atoms with Crippen LogP contribution in [0.15, 0.2) is 35.9 Å². The van der Waals surface area contributed by atoms with Crippen molar-refractivity contribution in [2.45, 2.75) is 39.0 Å². The van der Waals surface area contributed by atoms with Crippen LogP contribution in [-0.4, -0.2) is 19.0 Å². The molecule has 0 spiro atoms. The molecule has 0 aliphatic heterocycles. The second-order valence-electron chi connectivity index (χ2n) is 5.23. The van der Waals surface area contributed by atoms with Gasteiger partial charge in [0.2, 0.25) is 0 Å². The van der Waals surface area contributed by atoms with Crippen molar-refractivity contribution in [2.75, 3.05) is 18.4 Å². The summed E-state index contributed by atoms with van der Waals surface area (Å²) in [4.78, 5) is 12.2. The van der Waals surface area contributed by atoms with E-state index in [1.807, 2.05) is 24.3 Å². The molecule has 1 aliphatic carbocycles. The molecule has 0 fully saturated rings. The molecule has 1 aliphatic rings. The number of carbonyl (C=O) groups excluding carboxylic acids is 1. The van der Waals surface area contributed by atoms with Gasteiger partial charge in [0, 0.05) is 18.8 Å². The molecule has 108 valence electrons. The highest BCUT2D eigenvalue weighted by atomic mass is 16.1. The maximum absolute atomic E-state index is 12.2. The van der Waals surface area contributed by atoms with Gasteiger partial charge in [-0.25, -0.2) is 0 Å². The van der Waals surface area contributed by atoms with E-state index < -0.39 is 0 Å². The number of allylic oxidation sites excluding steroid dienone is 1. The van der Waals surface area contributed by atoms with E-state index in [1.54, 1.807) is 0 Å². The third-order valence-electron chi connectivity index (χ3n) is 3.60. The van der Waals surface area contributed by atoms with E-state index >= 15 is 0 Å². The van der Waals surface area contributed by atoms with E-state index in [4.69, 9.17) is 0 Å². The summed E-state index contributed by atoms with van der Waals surface area (Å²) in [5.41, 5.74) is 3.15. The fourth-order valence-corrected chi connectivity index (χ4v) is 2.49. The van der Waals surface area contributed by atoms with Crippen LogP contribution in [0.25, 0.3) is 0 Å². The van der Waals surface area contributed by atoms with Crippen molar-refractivity contribution in [3.05, 3.63) is 41.5 Å². The number of rotatable bonds is 7. The van der Waals surface area contributed by atoms with E-state index in [0.717, 1.165) is 37.2 Å². The summed E-state index contributed by atoms with van der Waals surface area (Å²) < 4.78 is 0. The van der Waals surface area contributed by atoms with Crippen molar-refractivity contribution in [1.29, 1.82) is 0 Å². The van der Waals surface area contributed by atoms with E-state index in [1.165, 1.54) is 24.8 Å². The van der Waals surface area contributed by atoms with Gasteiger partial charge in [-0.05, 0) is 44.2 Å². The largest absolute Gasteiger partial charge is 0.384 e. The number of hydrogen-bond donors (Lipinski definition) is 2. The maximum Gasteiger partial charge on any atom is 0.253 e. The summed E-state index contributed by atoms with van der Waals surface area (Å²) in [5.74, 6) is 0.0165. The molecule has 1 amide bonds. The summed E-state index contributed by atoms with van der Waals surface area (Å²) in [5, 5.41) is 6.33. The molecule has 20 heavy (non-hydrogen) atoms. The van der Waals surface area contributed by atoms with E-state index in [9.17, 15) is 4.79 Å². The second kappa shape index (κ2) is 7.73. The number of carbonyl (C=O) groups is 1. The molecule has 2 rings (SSSR count). The molecular formula is C17H24N2O. The molecule has 3 nitrogen and oxygen atoms in total. The zero-order valence-corrected chi connectivity index (χ0v) is 12.2. The van der Waals surface area contributed by atoms with E-state index in [2.05, 4.69) is 23.6 Å². The van der Waals surface area contributed by atoms with Crippen molar-refractivity contribution < 1.29 is 4.79 Å². The normalized spacial score (nSPS) is 13.9. The molecule has 0 atom stereocenters. The monoisotopic (exact) mass is 272 g/mol. The third-order valence-corrected chi connectivity index (χ3v) is 3.60. The van der Waals surface area contributed by atoms with Crippen molar-refractivity contribution >= 4 is 11.6 Å². The molecule has 0 aromatic heterocycles. The van der Waals surface area contributed by atoms with Gasteiger partial charge >= 0.3 is 0 Å². The van der Waals surface area contributed by atoms with Gasteiger partial charge in [0.05, 0.1) is 5.56 Å². The van der Waals surface area contributed by atoms with Crippen molar-refractivity contribution in [2.24, 2.45) is 0 Å². The average molecular weight is 272 g/mol. The Kier molecular flexibility index (Phi) is 5.66. The van der Waals surface area contributed by atoms with Crippen molar-refractivity contribution in [1.82, 2.24) is 5.32 Å². The zero-order chi connectivity index (χ0) is 14.2. The second-order valence-corrected chi connectivity index (χ2v) is 5.23. The van der Waals surface area contributed by atoms with Crippen LogP contribution >= 0.6 is 0 Å². The van der Waals surface area contributed by atoms with Gasteiger partial charge < -0.3 is 10.6 Å². The SMILES string of the molecule is CCCNc1ccccc1C(=O)NCCC1=CCCC1. The fourth-order valence-electron chi connectivity index (χ4n) is 2.49. The molecule has 0 saturated carbocycles. The Balaban J connectivity index is 1.87. The average Bonchev–Trinajstić information content (AvgIpc) is 2.98. The van der Waals surface area contributed by atoms with Crippen molar-refractivity contribution in [3.63, 3.8) is 0 Å². The number of benzene rings is 1. The van der Waals surface area contributed by atoms with Crippen LogP contribution in [0.3, 0.4) is 0 Å². The summed E-state index contributed by atoms with van der Waals surface area (Å²) in [6.45, 7) is 3.73. The van der Waals surface area contributed by atoms with Crippen LogP contribution < -0.4 is 10.6 Å². The number of nitrogens with one attached hydrogen (secondary N) is 2. The Morgan fingerprint density at radius 2 is 2.10 bits per heavy atom. The maximum atomic E-state index is 12.2. The minimum Gasteiger partial charge on any atom is -0.384 e. The number of amides is 1. The summed E-state index contributed by atoms with van der Waals surface area (Å²) >= 11 is 0. The lowest BCUT2D eigenvalue weighted by Gasteiger charge is -2.11. The van der Waals surface area contributed by atoms with Gasteiger partial charge in [-0.15, -0.1) is 0 Å². The number of anilines is 1. The first-order valence-electron chi connectivity index (χ1n) is 7.60. The highest BCUT2D eigenvalue weighted by molar-refractivity contribution is 5.99. The lowest BCUT2D eigenvalue weighted by Crippen LogP contribution is -2.25. The zero-order valence-electron chi connectivity index (χ0n) is 12.2. The van der Waals surface area contributed by atoms with Gasteiger partial charge in [0.15, 0.2) is 0 Å². The molecule has 0 radical (unpaired) electrons.